The van der Waals surface area contributed by atoms with Crippen LogP contribution in [0.5, 0.6) is 0 Å². The van der Waals surface area contributed by atoms with E-state index in [2.05, 4.69) is 20.6 Å². The van der Waals surface area contributed by atoms with Crippen molar-refractivity contribution in [2.45, 2.75) is 18.2 Å². The first-order valence-corrected chi connectivity index (χ1v) is 8.34. The number of aryl methyl sites for hydroxylation is 1. The zero-order valence-electron chi connectivity index (χ0n) is 13.6. The van der Waals surface area contributed by atoms with E-state index in [1.54, 1.807) is 23.9 Å². The van der Waals surface area contributed by atoms with Gasteiger partial charge in [0.15, 0.2) is 5.16 Å². The van der Waals surface area contributed by atoms with Crippen molar-refractivity contribution in [2.75, 3.05) is 11.6 Å². The first-order valence-electron chi connectivity index (χ1n) is 7.11. The summed E-state index contributed by atoms with van der Waals surface area (Å²) in [5.41, 5.74) is 0.742. The predicted molar refractivity (Wildman–Crippen MR) is 92.4 cm³/mol. The number of carbonyl (C=O) groups is 1. The van der Waals surface area contributed by atoms with Crippen LogP contribution in [0.1, 0.15) is 12.0 Å². The average Bonchev–Trinajstić information content (AvgIpc) is 2.94. The monoisotopic (exact) mass is 364 g/mol. The summed E-state index contributed by atoms with van der Waals surface area (Å²) in [5, 5.41) is 21.5. The molecule has 0 spiro atoms. The van der Waals surface area contributed by atoms with Crippen LogP contribution in [0, 0.1) is 10.1 Å². The van der Waals surface area contributed by atoms with Gasteiger partial charge < -0.3 is 4.84 Å². The fourth-order valence-corrected chi connectivity index (χ4v) is 2.26. The maximum Gasteiger partial charge on any atom is 0.269 e. The number of nitro benzene ring substituents is 1. The fraction of sp³-hybridized carbons (Fsp3) is 0.286. The number of hydrogen-bond donors (Lipinski definition) is 1. The van der Waals surface area contributed by atoms with Crippen LogP contribution in [0.2, 0.25) is 0 Å². The number of aromatic nitrogens is 3. The van der Waals surface area contributed by atoms with E-state index in [0.717, 1.165) is 5.56 Å². The number of nitrogens with zero attached hydrogens (tertiary/aromatic N) is 5. The molecule has 0 unspecified atom stereocenters. The Kier molecular flexibility index (Phi) is 6.46. The molecule has 0 aliphatic carbocycles. The summed E-state index contributed by atoms with van der Waals surface area (Å²) in [7, 11) is 1.74. The molecule has 25 heavy (non-hydrogen) atoms. The smallest absolute Gasteiger partial charge is 0.269 e. The molecule has 0 bridgehead atoms. The Morgan fingerprint density at radius 3 is 2.80 bits per heavy atom. The van der Waals surface area contributed by atoms with Gasteiger partial charge in [0, 0.05) is 19.2 Å². The third-order valence-electron chi connectivity index (χ3n) is 2.96. The summed E-state index contributed by atoms with van der Waals surface area (Å²) < 4.78 is 1.57. The maximum absolute atomic E-state index is 11.7. The molecule has 0 saturated heterocycles. The molecular formula is C14H16N6O4S. The average molecular weight is 364 g/mol. The molecule has 0 radical (unpaired) electrons. The van der Waals surface area contributed by atoms with Gasteiger partial charge >= 0.3 is 0 Å². The van der Waals surface area contributed by atoms with E-state index in [4.69, 9.17) is 4.84 Å². The minimum Gasteiger partial charge on any atom is -0.391 e. The zero-order valence-corrected chi connectivity index (χ0v) is 14.4. The number of oxime groups is 1. The molecule has 1 N–H and O–H groups in total. The summed E-state index contributed by atoms with van der Waals surface area (Å²) in [6.07, 6.45) is 3.19. The van der Waals surface area contributed by atoms with Gasteiger partial charge in [-0.1, -0.05) is 16.9 Å². The molecule has 2 rings (SSSR count). The minimum absolute atomic E-state index is 0.00706. The summed E-state index contributed by atoms with van der Waals surface area (Å²) in [6, 6.07) is 5.93. The molecule has 10 nitrogen and oxygen atoms in total. The number of amides is 1. The molecule has 1 heterocycles. The Balaban J connectivity index is 1.73. The van der Waals surface area contributed by atoms with Gasteiger partial charge in [0.1, 0.15) is 6.61 Å². The lowest BCUT2D eigenvalue weighted by molar-refractivity contribution is -0.384. The number of non-ortho nitro benzene ring substituents is 1. The minimum atomic E-state index is -0.472. The van der Waals surface area contributed by atoms with Crippen molar-refractivity contribution in [3.8, 4) is 0 Å². The van der Waals surface area contributed by atoms with Crippen molar-refractivity contribution in [3.63, 3.8) is 0 Å². The largest absolute Gasteiger partial charge is 0.391 e. The highest BCUT2D eigenvalue weighted by molar-refractivity contribution is 7.98. The standard InChI is InChI=1S/C14H16N6O4S/c1-19-14(25-2)17-13(18-19)16-12(21)7-8-15-24-9-10-3-5-11(6-4-10)20(22)23/h3-6,8H,7,9H2,1-2H3,(H,16,18,21)/b15-8+. The van der Waals surface area contributed by atoms with Gasteiger partial charge in [-0.3, -0.25) is 20.2 Å². The Morgan fingerprint density at radius 1 is 1.48 bits per heavy atom. The van der Waals surface area contributed by atoms with Crippen molar-refractivity contribution in [2.24, 2.45) is 12.2 Å². The molecule has 1 aromatic heterocycles. The van der Waals surface area contributed by atoms with Gasteiger partial charge in [-0.25, -0.2) is 4.68 Å². The van der Waals surface area contributed by atoms with E-state index in [1.807, 2.05) is 6.26 Å². The second-order valence-corrected chi connectivity index (χ2v) is 5.56. The topological polar surface area (TPSA) is 125 Å². The first-order chi connectivity index (χ1) is 12.0. The van der Waals surface area contributed by atoms with Crippen molar-refractivity contribution >= 4 is 35.5 Å². The van der Waals surface area contributed by atoms with Crippen LogP contribution in [0.15, 0.2) is 34.6 Å². The van der Waals surface area contributed by atoms with Crippen LogP contribution in [0.3, 0.4) is 0 Å². The van der Waals surface area contributed by atoms with Crippen LogP contribution in [-0.2, 0) is 23.3 Å². The quantitative estimate of drug-likeness (QED) is 0.328. The number of nitrogens with one attached hydrogen (secondary N) is 1. The summed E-state index contributed by atoms with van der Waals surface area (Å²) >= 11 is 1.42. The maximum atomic E-state index is 11.7. The van der Waals surface area contributed by atoms with Gasteiger partial charge in [-0.15, -0.1) is 5.10 Å². The lowest BCUT2D eigenvalue weighted by Gasteiger charge is -1.99. The lowest BCUT2D eigenvalue weighted by Crippen LogP contribution is -2.13. The SMILES string of the molecule is CSc1nc(NC(=O)C/C=N/OCc2ccc([N+](=O)[O-])cc2)nn1C. The number of carbonyl (C=O) groups excluding carboxylic acids is 1. The van der Waals surface area contributed by atoms with Crippen molar-refractivity contribution in [1.82, 2.24) is 14.8 Å². The van der Waals surface area contributed by atoms with Gasteiger partial charge in [-0.05, 0) is 24.0 Å². The summed E-state index contributed by atoms with van der Waals surface area (Å²) in [6.45, 7) is 0.148. The van der Waals surface area contributed by atoms with Crippen LogP contribution >= 0.6 is 11.8 Å². The Labute approximate surface area is 147 Å². The summed E-state index contributed by atoms with van der Waals surface area (Å²) in [5.74, 6) is -0.0852. The molecule has 1 aromatic carbocycles. The molecule has 0 aliphatic rings. The van der Waals surface area contributed by atoms with Crippen LogP contribution in [-0.4, -0.2) is 38.1 Å². The number of nitro groups is 1. The van der Waals surface area contributed by atoms with E-state index in [9.17, 15) is 14.9 Å². The Bertz CT molecular complexity index is 774. The molecule has 0 saturated carbocycles. The van der Waals surface area contributed by atoms with Gasteiger partial charge in [0.25, 0.3) is 5.69 Å². The van der Waals surface area contributed by atoms with Crippen molar-refractivity contribution < 1.29 is 14.6 Å². The van der Waals surface area contributed by atoms with E-state index >= 15 is 0 Å². The van der Waals surface area contributed by atoms with E-state index < -0.39 is 4.92 Å². The van der Waals surface area contributed by atoms with Gasteiger partial charge in [-0.2, -0.15) is 4.98 Å². The molecular weight excluding hydrogens is 348 g/mol. The molecule has 0 aliphatic heterocycles. The number of anilines is 1. The predicted octanol–water partition coefficient (Wildman–Crippen LogP) is 1.98. The summed E-state index contributed by atoms with van der Waals surface area (Å²) in [4.78, 5) is 31.0. The van der Waals surface area contributed by atoms with Gasteiger partial charge in [0.2, 0.25) is 11.9 Å². The second-order valence-electron chi connectivity index (χ2n) is 4.78. The van der Waals surface area contributed by atoms with Crippen LogP contribution in [0.4, 0.5) is 11.6 Å². The van der Waals surface area contributed by atoms with Crippen molar-refractivity contribution in [1.29, 1.82) is 0 Å². The molecule has 2 aromatic rings. The highest BCUT2D eigenvalue weighted by atomic mass is 32.2. The Hall–Kier alpha value is -2.95. The molecule has 0 fully saturated rings. The van der Waals surface area contributed by atoms with Crippen LogP contribution < -0.4 is 5.32 Å². The van der Waals surface area contributed by atoms with Gasteiger partial charge in [0.05, 0.1) is 17.6 Å². The first kappa shape index (κ1) is 18.4. The normalized spacial score (nSPS) is 10.8. The molecule has 0 atom stereocenters. The zero-order chi connectivity index (χ0) is 18.2. The van der Waals surface area contributed by atoms with Crippen molar-refractivity contribution in [3.05, 3.63) is 39.9 Å². The Morgan fingerprint density at radius 2 is 2.20 bits per heavy atom. The molecule has 11 heteroatoms. The highest BCUT2D eigenvalue weighted by Crippen LogP contribution is 2.13. The number of thioether (sulfide) groups is 1. The second kappa shape index (κ2) is 8.78. The number of rotatable bonds is 8. The third kappa shape index (κ3) is 5.57. The fourth-order valence-electron chi connectivity index (χ4n) is 1.78. The molecule has 1 amide bonds. The van der Waals surface area contributed by atoms with E-state index in [-0.39, 0.29) is 30.6 Å². The molecule has 132 valence electrons. The third-order valence-corrected chi connectivity index (χ3v) is 3.68. The number of hydrogen-bond acceptors (Lipinski definition) is 8. The highest BCUT2D eigenvalue weighted by Gasteiger charge is 2.08. The van der Waals surface area contributed by atoms with Crippen LogP contribution in [0.25, 0.3) is 0 Å². The lowest BCUT2D eigenvalue weighted by atomic mass is 10.2. The number of benzene rings is 1. The van der Waals surface area contributed by atoms with E-state index in [1.165, 1.54) is 30.1 Å². The van der Waals surface area contributed by atoms with E-state index in [0.29, 0.717) is 5.16 Å².